The van der Waals surface area contributed by atoms with Gasteiger partial charge in [-0.3, -0.25) is 0 Å². The van der Waals surface area contributed by atoms with Gasteiger partial charge in [-0.15, -0.1) is 0 Å². The Morgan fingerprint density at radius 1 is 1.29 bits per heavy atom. The SMILES string of the molecule is Cc1ncc([N+](=O)[O-])n1CC(O)Cn1cnc([N+](=O)[O-])n1. The summed E-state index contributed by atoms with van der Waals surface area (Å²) >= 11 is 0. The molecule has 0 aliphatic carbocycles. The molecular weight excluding hydrogens is 286 g/mol. The van der Waals surface area contributed by atoms with Crippen molar-refractivity contribution in [2.75, 3.05) is 0 Å². The number of aryl methyl sites for hydroxylation is 1. The highest BCUT2D eigenvalue weighted by Crippen LogP contribution is 2.14. The van der Waals surface area contributed by atoms with Crippen LogP contribution in [-0.2, 0) is 13.1 Å². The molecule has 112 valence electrons. The maximum absolute atomic E-state index is 10.8. The van der Waals surface area contributed by atoms with Crippen LogP contribution in [-0.4, -0.2) is 45.4 Å². The average Bonchev–Trinajstić information content (AvgIpc) is 2.98. The minimum Gasteiger partial charge on any atom is -0.390 e. The average molecular weight is 297 g/mol. The lowest BCUT2D eigenvalue weighted by molar-refractivity contribution is -0.394. The Morgan fingerprint density at radius 2 is 2.00 bits per heavy atom. The van der Waals surface area contributed by atoms with Crippen LogP contribution in [0.25, 0.3) is 0 Å². The molecule has 0 bridgehead atoms. The van der Waals surface area contributed by atoms with Crippen molar-refractivity contribution in [1.82, 2.24) is 24.3 Å². The number of nitro groups is 2. The minimum atomic E-state index is -1.04. The van der Waals surface area contributed by atoms with E-state index in [0.717, 1.165) is 17.2 Å². The van der Waals surface area contributed by atoms with Crippen molar-refractivity contribution in [3.05, 3.63) is 38.6 Å². The van der Waals surface area contributed by atoms with Crippen molar-refractivity contribution in [2.24, 2.45) is 0 Å². The van der Waals surface area contributed by atoms with Crippen LogP contribution in [0.3, 0.4) is 0 Å². The zero-order chi connectivity index (χ0) is 15.6. The third-order valence-electron chi connectivity index (χ3n) is 2.70. The van der Waals surface area contributed by atoms with Crippen molar-refractivity contribution in [3.63, 3.8) is 0 Å². The summed E-state index contributed by atoms with van der Waals surface area (Å²) in [6, 6.07) is 0. The fourth-order valence-corrected chi connectivity index (χ4v) is 1.77. The molecule has 2 rings (SSSR count). The zero-order valence-corrected chi connectivity index (χ0v) is 10.9. The molecule has 0 aromatic carbocycles. The van der Waals surface area contributed by atoms with Crippen LogP contribution in [0.1, 0.15) is 5.82 Å². The summed E-state index contributed by atoms with van der Waals surface area (Å²) < 4.78 is 2.34. The highest BCUT2D eigenvalue weighted by atomic mass is 16.6. The first kappa shape index (κ1) is 14.5. The standard InChI is InChI=1S/C9H11N7O5/c1-6-10-2-8(15(18)19)14(6)4-7(17)3-13-5-11-9(12-13)16(20)21/h2,5,7,17H,3-4H2,1H3. The Hall–Kier alpha value is -2.89. The van der Waals surface area contributed by atoms with E-state index in [4.69, 9.17) is 0 Å². The molecule has 21 heavy (non-hydrogen) atoms. The van der Waals surface area contributed by atoms with Gasteiger partial charge in [0.15, 0.2) is 5.82 Å². The monoisotopic (exact) mass is 297 g/mol. The first-order chi connectivity index (χ1) is 9.88. The topological polar surface area (TPSA) is 155 Å². The van der Waals surface area contributed by atoms with Crippen LogP contribution >= 0.6 is 0 Å². The van der Waals surface area contributed by atoms with Gasteiger partial charge in [0.25, 0.3) is 0 Å². The fraction of sp³-hybridized carbons (Fsp3) is 0.444. The fourth-order valence-electron chi connectivity index (χ4n) is 1.77. The second kappa shape index (κ2) is 5.62. The maximum Gasteiger partial charge on any atom is 0.490 e. The Kier molecular flexibility index (Phi) is 3.89. The van der Waals surface area contributed by atoms with Gasteiger partial charge in [0.05, 0.1) is 6.54 Å². The van der Waals surface area contributed by atoms with Crippen molar-refractivity contribution in [1.29, 1.82) is 0 Å². The molecule has 0 radical (unpaired) electrons. The number of hydrogen-bond donors (Lipinski definition) is 1. The summed E-state index contributed by atoms with van der Waals surface area (Å²) in [7, 11) is 0. The molecular formula is C9H11N7O5. The molecule has 0 fully saturated rings. The molecule has 2 aromatic heterocycles. The lowest BCUT2D eigenvalue weighted by Crippen LogP contribution is -2.23. The number of rotatable bonds is 6. The van der Waals surface area contributed by atoms with E-state index < -0.39 is 21.9 Å². The Bertz CT molecular complexity index is 678. The van der Waals surface area contributed by atoms with Gasteiger partial charge in [-0.25, -0.2) is 9.55 Å². The molecule has 1 N–H and O–H groups in total. The molecule has 0 amide bonds. The van der Waals surface area contributed by atoms with Gasteiger partial charge in [-0.1, -0.05) is 4.98 Å². The first-order valence-electron chi connectivity index (χ1n) is 5.77. The van der Waals surface area contributed by atoms with Gasteiger partial charge < -0.3 is 25.3 Å². The maximum atomic E-state index is 10.8. The van der Waals surface area contributed by atoms with Crippen LogP contribution in [0.2, 0.25) is 0 Å². The quantitative estimate of drug-likeness (QED) is 0.560. The molecule has 2 aromatic rings. The molecule has 1 atom stereocenters. The smallest absolute Gasteiger partial charge is 0.390 e. The van der Waals surface area contributed by atoms with Crippen LogP contribution < -0.4 is 0 Å². The van der Waals surface area contributed by atoms with Gasteiger partial charge in [-0.05, 0) is 9.85 Å². The van der Waals surface area contributed by atoms with Gasteiger partial charge in [0.1, 0.15) is 18.8 Å². The Balaban J connectivity index is 2.07. The molecule has 12 heteroatoms. The normalized spacial score (nSPS) is 12.3. The van der Waals surface area contributed by atoms with Crippen LogP contribution in [0.5, 0.6) is 0 Å². The van der Waals surface area contributed by atoms with E-state index >= 15 is 0 Å². The third-order valence-corrected chi connectivity index (χ3v) is 2.70. The predicted molar refractivity (Wildman–Crippen MR) is 66.3 cm³/mol. The predicted octanol–water partition coefficient (Wildman–Crippen LogP) is -0.339. The molecule has 0 saturated heterocycles. The summed E-state index contributed by atoms with van der Waals surface area (Å²) in [4.78, 5) is 27.1. The third kappa shape index (κ3) is 3.17. The molecule has 1 unspecified atom stereocenters. The molecule has 2 heterocycles. The minimum absolute atomic E-state index is 0.0875. The number of aliphatic hydroxyl groups excluding tert-OH is 1. The largest absolute Gasteiger partial charge is 0.490 e. The summed E-state index contributed by atoms with van der Waals surface area (Å²) in [6.45, 7) is 1.39. The number of hydrogen-bond acceptors (Lipinski definition) is 8. The molecule has 0 aliphatic rings. The van der Waals surface area contributed by atoms with Gasteiger partial charge >= 0.3 is 11.8 Å². The van der Waals surface area contributed by atoms with Gasteiger partial charge in [-0.2, -0.15) is 4.68 Å². The summed E-state index contributed by atoms with van der Waals surface area (Å²) in [6.07, 6.45) is 1.16. The van der Waals surface area contributed by atoms with Crippen molar-refractivity contribution >= 4 is 11.8 Å². The zero-order valence-electron chi connectivity index (χ0n) is 10.9. The van der Waals surface area contributed by atoms with Crippen LogP contribution in [0.15, 0.2) is 12.5 Å². The highest BCUT2D eigenvalue weighted by molar-refractivity contribution is 5.18. The molecule has 0 saturated carbocycles. The molecule has 0 aliphatic heterocycles. The molecule has 0 spiro atoms. The first-order valence-corrected chi connectivity index (χ1v) is 5.77. The van der Waals surface area contributed by atoms with Crippen molar-refractivity contribution in [3.8, 4) is 0 Å². The number of aliphatic hydroxyl groups is 1. The number of nitrogens with zero attached hydrogens (tertiary/aromatic N) is 7. The second-order valence-electron chi connectivity index (χ2n) is 4.21. The van der Waals surface area contributed by atoms with E-state index in [2.05, 4.69) is 15.1 Å². The Labute approximate surface area is 117 Å². The van der Waals surface area contributed by atoms with Crippen molar-refractivity contribution < 1.29 is 15.0 Å². The van der Waals surface area contributed by atoms with E-state index in [9.17, 15) is 25.3 Å². The van der Waals surface area contributed by atoms with Crippen molar-refractivity contribution in [2.45, 2.75) is 26.1 Å². The van der Waals surface area contributed by atoms with E-state index in [0.29, 0.717) is 5.82 Å². The number of aromatic nitrogens is 5. The van der Waals surface area contributed by atoms with Gasteiger partial charge in [0.2, 0.25) is 6.33 Å². The van der Waals surface area contributed by atoms with E-state index in [-0.39, 0.29) is 18.9 Å². The van der Waals surface area contributed by atoms with Crippen LogP contribution in [0.4, 0.5) is 11.8 Å². The summed E-state index contributed by atoms with van der Waals surface area (Å²) in [5, 5.41) is 34.7. The lowest BCUT2D eigenvalue weighted by Gasteiger charge is -2.08. The summed E-state index contributed by atoms with van der Waals surface area (Å²) in [5.74, 6) is -0.437. The Morgan fingerprint density at radius 3 is 2.57 bits per heavy atom. The van der Waals surface area contributed by atoms with E-state index in [1.165, 1.54) is 4.57 Å². The van der Waals surface area contributed by atoms with E-state index in [1.807, 2.05) is 0 Å². The highest BCUT2D eigenvalue weighted by Gasteiger charge is 2.22. The summed E-state index contributed by atoms with van der Waals surface area (Å²) in [5.41, 5.74) is 0. The number of imidazole rings is 1. The van der Waals surface area contributed by atoms with Gasteiger partial charge in [0, 0.05) is 12.0 Å². The lowest BCUT2D eigenvalue weighted by atomic mass is 10.3. The van der Waals surface area contributed by atoms with Crippen LogP contribution in [0, 0.1) is 27.2 Å². The van der Waals surface area contributed by atoms with E-state index in [1.54, 1.807) is 6.92 Å². The molecule has 12 nitrogen and oxygen atoms in total. The second-order valence-corrected chi connectivity index (χ2v) is 4.21.